The van der Waals surface area contributed by atoms with Gasteiger partial charge >= 0.3 is 0 Å². The van der Waals surface area contributed by atoms with E-state index in [4.69, 9.17) is 0 Å². The smallest absolute Gasteiger partial charge is 0.255 e. The number of pyridine rings is 1. The molecule has 2 rings (SSSR count). The molecule has 4 nitrogen and oxygen atoms in total. The molecule has 0 aliphatic rings. The van der Waals surface area contributed by atoms with E-state index in [9.17, 15) is 17.2 Å². The maximum absolute atomic E-state index is 13.2. The average molecular weight is 296 g/mol. The molecule has 0 aliphatic carbocycles. The Morgan fingerprint density at radius 3 is 2.40 bits per heavy atom. The Bertz CT molecular complexity index is 731. The van der Waals surface area contributed by atoms with Crippen LogP contribution in [0.5, 0.6) is 0 Å². The van der Waals surface area contributed by atoms with E-state index < -0.39 is 27.6 Å². The van der Waals surface area contributed by atoms with E-state index in [1.54, 1.807) is 30.3 Å². The SMILES string of the molecule is O=S(=O)(/C=C/c1ccccc1)Nc1ccc(F)nc1F. The molecule has 1 heterocycles. The summed E-state index contributed by atoms with van der Waals surface area (Å²) in [7, 11) is -3.90. The summed E-state index contributed by atoms with van der Waals surface area (Å²) >= 11 is 0. The van der Waals surface area contributed by atoms with Gasteiger partial charge in [-0.25, -0.2) is 8.42 Å². The molecule has 104 valence electrons. The molecule has 0 fully saturated rings. The van der Waals surface area contributed by atoms with E-state index in [0.717, 1.165) is 17.5 Å². The van der Waals surface area contributed by atoms with Gasteiger partial charge in [0, 0.05) is 0 Å². The van der Waals surface area contributed by atoms with Gasteiger partial charge in [-0.05, 0) is 23.8 Å². The lowest BCUT2D eigenvalue weighted by Crippen LogP contribution is -2.11. The highest BCUT2D eigenvalue weighted by Gasteiger charge is 2.11. The van der Waals surface area contributed by atoms with Crippen molar-refractivity contribution >= 4 is 21.8 Å². The van der Waals surface area contributed by atoms with Crippen molar-refractivity contribution in [2.45, 2.75) is 0 Å². The number of nitrogens with one attached hydrogen (secondary N) is 1. The first kappa shape index (κ1) is 14.1. The molecule has 1 N–H and O–H groups in total. The van der Waals surface area contributed by atoms with Crippen LogP contribution in [0.3, 0.4) is 0 Å². The zero-order chi connectivity index (χ0) is 14.6. The van der Waals surface area contributed by atoms with Gasteiger partial charge in [0.2, 0.25) is 11.9 Å². The summed E-state index contributed by atoms with van der Waals surface area (Å²) in [5, 5.41) is 0.894. The van der Waals surface area contributed by atoms with Crippen LogP contribution in [0.1, 0.15) is 5.56 Å². The summed E-state index contributed by atoms with van der Waals surface area (Å²) in [5.74, 6) is -2.24. The van der Waals surface area contributed by atoms with Crippen LogP contribution in [0.15, 0.2) is 47.9 Å². The van der Waals surface area contributed by atoms with Gasteiger partial charge in [-0.3, -0.25) is 4.72 Å². The summed E-state index contributed by atoms with van der Waals surface area (Å²) in [6.07, 6.45) is 1.36. The molecule has 0 saturated heterocycles. The highest BCUT2D eigenvalue weighted by molar-refractivity contribution is 7.95. The Hall–Kier alpha value is -2.28. The summed E-state index contributed by atoms with van der Waals surface area (Å²) in [6, 6.07) is 10.6. The van der Waals surface area contributed by atoms with Crippen LogP contribution in [0, 0.1) is 11.9 Å². The molecule has 0 atom stereocenters. The van der Waals surface area contributed by atoms with Gasteiger partial charge in [-0.1, -0.05) is 30.3 Å². The number of halogens is 2. The minimum atomic E-state index is -3.90. The first-order valence-corrected chi connectivity index (χ1v) is 7.09. The highest BCUT2D eigenvalue weighted by Crippen LogP contribution is 2.14. The number of hydrogen-bond donors (Lipinski definition) is 1. The van der Waals surface area contributed by atoms with Crippen molar-refractivity contribution in [2.24, 2.45) is 0 Å². The van der Waals surface area contributed by atoms with Gasteiger partial charge in [0.05, 0.1) is 5.41 Å². The lowest BCUT2D eigenvalue weighted by molar-refractivity contribution is 0.515. The molecule has 0 radical (unpaired) electrons. The van der Waals surface area contributed by atoms with Crippen molar-refractivity contribution in [1.29, 1.82) is 0 Å². The number of sulfonamides is 1. The largest absolute Gasteiger partial charge is 0.275 e. The second kappa shape index (κ2) is 5.79. The van der Waals surface area contributed by atoms with Crippen LogP contribution >= 0.6 is 0 Å². The van der Waals surface area contributed by atoms with Crippen molar-refractivity contribution in [2.75, 3.05) is 4.72 Å². The molecule has 0 saturated carbocycles. The van der Waals surface area contributed by atoms with Crippen molar-refractivity contribution in [3.8, 4) is 0 Å². The fourth-order valence-electron chi connectivity index (χ4n) is 1.41. The van der Waals surface area contributed by atoms with E-state index in [1.807, 2.05) is 4.72 Å². The molecule has 0 amide bonds. The maximum atomic E-state index is 13.2. The molecule has 7 heteroatoms. The van der Waals surface area contributed by atoms with Gasteiger partial charge < -0.3 is 0 Å². The Kier molecular flexibility index (Phi) is 4.09. The molecule has 1 aromatic carbocycles. The second-order valence-corrected chi connectivity index (χ2v) is 5.40. The van der Waals surface area contributed by atoms with Gasteiger partial charge in [-0.2, -0.15) is 13.8 Å². The molecular formula is C13H10F2N2O2S. The number of nitrogens with zero attached hydrogens (tertiary/aromatic N) is 1. The summed E-state index contributed by atoms with van der Waals surface area (Å²) < 4.78 is 51.3. The molecule has 0 bridgehead atoms. The third kappa shape index (κ3) is 3.86. The van der Waals surface area contributed by atoms with E-state index in [2.05, 4.69) is 4.98 Å². The van der Waals surface area contributed by atoms with Crippen molar-refractivity contribution in [3.63, 3.8) is 0 Å². The fourth-order valence-corrected chi connectivity index (χ4v) is 2.27. The van der Waals surface area contributed by atoms with Crippen LogP contribution in [0.4, 0.5) is 14.5 Å². The van der Waals surface area contributed by atoms with Crippen molar-refractivity contribution in [1.82, 2.24) is 4.98 Å². The summed E-state index contributed by atoms with van der Waals surface area (Å²) in [4.78, 5) is 2.89. The highest BCUT2D eigenvalue weighted by atomic mass is 32.2. The summed E-state index contributed by atoms with van der Waals surface area (Å²) in [6.45, 7) is 0. The van der Waals surface area contributed by atoms with E-state index >= 15 is 0 Å². The zero-order valence-electron chi connectivity index (χ0n) is 10.1. The van der Waals surface area contributed by atoms with Gasteiger partial charge in [0.25, 0.3) is 10.0 Å². The zero-order valence-corrected chi connectivity index (χ0v) is 10.9. The fraction of sp³-hybridized carbons (Fsp3) is 0. The predicted octanol–water partition coefficient (Wildman–Crippen LogP) is 2.77. The lowest BCUT2D eigenvalue weighted by Gasteiger charge is -2.04. The van der Waals surface area contributed by atoms with Crippen LogP contribution < -0.4 is 4.72 Å². The molecule has 0 aliphatic heterocycles. The third-order valence-corrected chi connectivity index (χ3v) is 3.30. The minimum Gasteiger partial charge on any atom is -0.275 e. The molecule has 0 spiro atoms. The molecule has 1 aromatic heterocycles. The molecular weight excluding hydrogens is 286 g/mol. The number of aromatic nitrogens is 1. The standard InChI is InChI=1S/C13H10F2N2O2S/c14-12-7-6-11(13(15)16-12)17-20(18,19)9-8-10-4-2-1-3-5-10/h1-9,17H/b9-8+. The van der Waals surface area contributed by atoms with Crippen molar-refractivity contribution < 1.29 is 17.2 Å². The topological polar surface area (TPSA) is 59.1 Å². The van der Waals surface area contributed by atoms with Crippen LogP contribution in [0.2, 0.25) is 0 Å². The Morgan fingerprint density at radius 2 is 1.75 bits per heavy atom. The van der Waals surface area contributed by atoms with E-state index in [-0.39, 0.29) is 0 Å². The van der Waals surface area contributed by atoms with Crippen molar-refractivity contribution in [3.05, 3.63) is 65.3 Å². The Balaban J connectivity index is 2.17. The normalized spacial score (nSPS) is 11.7. The number of rotatable bonds is 4. The van der Waals surface area contributed by atoms with Crippen LogP contribution in [-0.2, 0) is 10.0 Å². The monoisotopic (exact) mass is 296 g/mol. The Labute approximate surface area is 114 Å². The van der Waals surface area contributed by atoms with E-state index in [1.165, 1.54) is 6.08 Å². The minimum absolute atomic E-state index is 0.413. The van der Waals surface area contributed by atoms with Crippen LogP contribution in [-0.4, -0.2) is 13.4 Å². The molecule has 2 aromatic rings. The van der Waals surface area contributed by atoms with Gasteiger partial charge in [0.1, 0.15) is 5.69 Å². The number of anilines is 1. The van der Waals surface area contributed by atoms with Crippen LogP contribution in [0.25, 0.3) is 6.08 Å². The summed E-state index contributed by atoms with van der Waals surface area (Å²) in [5.41, 5.74) is 0.264. The predicted molar refractivity (Wildman–Crippen MR) is 72.2 cm³/mol. The third-order valence-electron chi connectivity index (χ3n) is 2.31. The molecule has 20 heavy (non-hydrogen) atoms. The maximum Gasteiger partial charge on any atom is 0.255 e. The molecule has 0 unspecified atom stereocenters. The van der Waals surface area contributed by atoms with E-state index in [0.29, 0.717) is 5.56 Å². The first-order chi connectivity index (χ1) is 9.46. The van der Waals surface area contributed by atoms with Gasteiger partial charge in [0.15, 0.2) is 0 Å². The number of benzene rings is 1. The van der Waals surface area contributed by atoms with Gasteiger partial charge in [-0.15, -0.1) is 0 Å². The lowest BCUT2D eigenvalue weighted by atomic mass is 10.2. The second-order valence-electron chi connectivity index (χ2n) is 3.83. The first-order valence-electron chi connectivity index (χ1n) is 5.54. The quantitative estimate of drug-likeness (QED) is 0.883. The average Bonchev–Trinajstić information content (AvgIpc) is 2.41. The number of hydrogen-bond acceptors (Lipinski definition) is 3. The Morgan fingerprint density at radius 1 is 1.05 bits per heavy atom.